The van der Waals surface area contributed by atoms with Crippen molar-refractivity contribution >= 4 is 5.82 Å². The lowest BCUT2D eigenvalue weighted by molar-refractivity contribution is -0.0316. The molecule has 118 valence electrons. The zero-order chi connectivity index (χ0) is 15.3. The summed E-state index contributed by atoms with van der Waals surface area (Å²) in [5, 5.41) is 3.33. The van der Waals surface area contributed by atoms with Crippen molar-refractivity contribution in [1.29, 1.82) is 0 Å². The average Bonchev–Trinajstić information content (AvgIpc) is 2.41. The minimum atomic E-state index is 0.393. The van der Waals surface area contributed by atoms with Crippen LogP contribution in [0.25, 0.3) is 0 Å². The summed E-state index contributed by atoms with van der Waals surface area (Å²) in [7, 11) is 0. The standard InChI is InChI=1S/C18H30N2O/c1-5-7-19-17-10-15(6-8-20-17)13-21-16-9-14(2)11-18(3,4)12-16/h6,8,10,14,16H,5,7,9,11-13H2,1-4H3,(H,19,20). The van der Waals surface area contributed by atoms with E-state index in [1.165, 1.54) is 24.8 Å². The second-order valence-corrected chi connectivity index (χ2v) is 7.32. The molecule has 1 aliphatic carbocycles. The Balaban J connectivity index is 1.87. The number of nitrogens with one attached hydrogen (secondary N) is 1. The van der Waals surface area contributed by atoms with Crippen molar-refractivity contribution in [3.05, 3.63) is 23.9 Å². The van der Waals surface area contributed by atoms with Crippen LogP contribution in [0.15, 0.2) is 18.3 Å². The fourth-order valence-corrected chi connectivity index (χ4v) is 3.51. The molecule has 3 heteroatoms. The quantitative estimate of drug-likeness (QED) is 0.829. The number of rotatable bonds is 6. The largest absolute Gasteiger partial charge is 0.374 e. The van der Waals surface area contributed by atoms with E-state index in [4.69, 9.17) is 4.74 Å². The molecule has 2 atom stereocenters. The number of aromatic nitrogens is 1. The highest BCUT2D eigenvalue weighted by Gasteiger charge is 2.32. The highest BCUT2D eigenvalue weighted by Crippen LogP contribution is 2.39. The number of anilines is 1. The Hall–Kier alpha value is -1.09. The number of hydrogen-bond acceptors (Lipinski definition) is 3. The Bertz CT molecular complexity index is 445. The van der Waals surface area contributed by atoms with E-state index in [1.807, 2.05) is 6.20 Å². The fourth-order valence-electron chi connectivity index (χ4n) is 3.51. The van der Waals surface area contributed by atoms with Gasteiger partial charge in [0.25, 0.3) is 0 Å². The molecule has 1 aliphatic rings. The Morgan fingerprint density at radius 3 is 2.90 bits per heavy atom. The first-order valence-electron chi connectivity index (χ1n) is 8.29. The molecule has 1 saturated carbocycles. The van der Waals surface area contributed by atoms with Gasteiger partial charge in [-0.15, -0.1) is 0 Å². The molecular formula is C18H30N2O. The molecule has 3 nitrogen and oxygen atoms in total. The highest BCUT2D eigenvalue weighted by molar-refractivity contribution is 5.37. The van der Waals surface area contributed by atoms with Gasteiger partial charge in [-0.3, -0.25) is 0 Å². The Morgan fingerprint density at radius 2 is 2.19 bits per heavy atom. The molecule has 0 aliphatic heterocycles. The predicted molar refractivity (Wildman–Crippen MR) is 88.4 cm³/mol. The van der Waals surface area contributed by atoms with E-state index >= 15 is 0 Å². The Labute approximate surface area is 129 Å². The third-order valence-electron chi connectivity index (χ3n) is 4.21. The SMILES string of the molecule is CCCNc1cc(COC2CC(C)CC(C)(C)C2)ccn1. The molecule has 0 saturated heterocycles. The second kappa shape index (κ2) is 7.26. The van der Waals surface area contributed by atoms with Crippen LogP contribution in [0, 0.1) is 11.3 Å². The van der Waals surface area contributed by atoms with Gasteiger partial charge in [-0.2, -0.15) is 0 Å². The van der Waals surface area contributed by atoms with Crippen LogP contribution in [0.1, 0.15) is 58.9 Å². The van der Waals surface area contributed by atoms with Gasteiger partial charge in [0.15, 0.2) is 0 Å². The van der Waals surface area contributed by atoms with E-state index in [0.29, 0.717) is 18.1 Å². The summed E-state index contributed by atoms with van der Waals surface area (Å²) >= 11 is 0. The van der Waals surface area contributed by atoms with Crippen LogP contribution in [-0.4, -0.2) is 17.6 Å². The van der Waals surface area contributed by atoms with Crippen LogP contribution in [0.2, 0.25) is 0 Å². The third kappa shape index (κ3) is 5.31. The number of hydrogen-bond donors (Lipinski definition) is 1. The first-order valence-corrected chi connectivity index (χ1v) is 8.29. The Kier molecular flexibility index (Phi) is 5.63. The summed E-state index contributed by atoms with van der Waals surface area (Å²) in [5.41, 5.74) is 1.62. The molecule has 2 unspecified atom stereocenters. The van der Waals surface area contributed by atoms with Crippen LogP contribution >= 0.6 is 0 Å². The topological polar surface area (TPSA) is 34.1 Å². The van der Waals surface area contributed by atoms with Gasteiger partial charge in [-0.25, -0.2) is 4.98 Å². The summed E-state index contributed by atoms with van der Waals surface area (Å²) in [6.45, 7) is 10.9. The Morgan fingerprint density at radius 1 is 1.38 bits per heavy atom. The summed E-state index contributed by atoms with van der Waals surface area (Å²) < 4.78 is 6.18. The summed E-state index contributed by atoms with van der Waals surface area (Å²) in [6.07, 6.45) is 7.04. The van der Waals surface area contributed by atoms with Crippen LogP contribution < -0.4 is 5.32 Å². The molecule has 0 aromatic carbocycles. The lowest BCUT2D eigenvalue weighted by Gasteiger charge is -2.38. The first-order chi connectivity index (χ1) is 9.98. The predicted octanol–water partition coefficient (Wildman–Crippen LogP) is 4.63. The maximum Gasteiger partial charge on any atom is 0.126 e. The lowest BCUT2D eigenvalue weighted by atomic mass is 9.71. The number of ether oxygens (including phenoxy) is 1. The molecule has 0 radical (unpaired) electrons. The number of pyridine rings is 1. The average molecular weight is 290 g/mol. The monoisotopic (exact) mass is 290 g/mol. The molecule has 2 rings (SSSR count). The van der Waals surface area contributed by atoms with E-state index in [2.05, 4.69) is 50.1 Å². The van der Waals surface area contributed by atoms with Crippen molar-refractivity contribution in [2.24, 2.45) is 11.3 Å². The van der Waals surface area contributed by atoms with E-state index in [1.54, 1.807) is 0 Å². The van der Waals surface area contributed by atoms with Crippen LogP contribution in [0.3, 0.4) is 0 Å². The minimum absolute atomic E-state index is 0.393. The first kappa shape index (κ1) is 16.3. The summed E-state index contributed by atoms with van der Waals surface area (Å²) in [6, 6.07) is 4.15. The van der Waals surface area contributed by atoms with Crippen molar-refractivity contribution in [3.63, 3.8) is 0 Å². The molecule has 1 fully saturated rings. The lowest BCUT2D eigenvalue weighted by Crippen LogP contribution is -2.32. The van der Waals surface area contributed by atoms with Gasteiger partial charge in [-0.1, -0.05) is 27.7 Å². The van der Waals surface area contributed by atoms with Gasteiger partial charge in [-0.05, 0) is 54.7 Å². The van der Waals surface area contributed by atoms with E-state index in [-0.39, 0.29) is 0 Å². The van der Waals surface area contributed by atoms with Crippen molar-refractivity contribution in [2.45, 2.75) is 66.1 Å². The van der Waals surface area contributed by atoms with Crippen molar-refractivity contribution < 1.29 is 4.74 Å². The molecular weight excluding hydrogens is 260 g/mol. The minimum Gasteiger partial charge on any atom is -0.374 e. The van der Waals surface area contributed by atoms with Gasteiger partial charge < -0.3 is 10.1 Å². The molecule has 1 heterocycles. The van der Waals surface area contributed by atoms with Crippen LogP contribution in [0.5, 0.6) is 0 Å². The maximum atomic E-state index is 6.18. The number of nitrogens with zero attached hydrogens (tertiary/aromatic N) is 1. The van der Waals surface area contributed by atoms with Crippen molar-refractivity contribution in [1.82, 2.24) is 4.98 Å². The van der Waals surface area contributed by atoms with E-state index in [0.717, 1.165) is 24.7 Å². The maximum absolute atomic E-state index is 6.18. The van der Waals surface area contributed by atoms with Crippen LogP contribution in [0.4, 0.5) is 5.82 Å². The van der Waals surface area contributed by atoms with E-state index < -0.39 is 0 Å². The fraction of sp³-hybridized carbons (Fsp3) is 0.722. The summed E-state index contributed by atoms with van der Waals surface area (Å²) in [5.74, 6) is 1.72. The zero-order valence-electron chi connectivity index (χ0n) is 14.0. The van der Waals surface area contributed by atoms with Gasteiger partial charge >= 0.3 is 0 Å². The van der Waals surface area contributed by atoms with E-state index in [9.17, 15) is 0 Å². The molecule has 21 heavy (non-hydrogen) atoms. The van der Waals surface area contributed by atoms with Crippen molar-refractivity contribution in [3.8, 4) is 0 Å². The zero-order valence-corrected chi connectivity index (χ0v) is 14.0. The molecule has 1 aromatic heterocycles. The molecule has 0 bridgehead atoms. The molecule has 0 amide bonds. The molecule has 0 spiro atoms. The van der Waals surface area contributed by atoms with Crippen molar-refractivity contribution in [2.75, 3.05) is 11.9 Å². The summed E-state index contributed by atoms with van der Waals surface area (Å²) in [4.78, 5) is 4.34. The molecule has 1 N–H and O–H groups in total. The normalized spacial score (nSPS) is 24.8. The third-order valence-corrected chi connectivity index (χ3v) is 4.21. The van der Waals surface area contributed by atoms with Gasteiger partial charge in [0.1, 0.15) is 5.82 Å². The highest BCUT2D eigenvalue weighted by atomic mass is 16.5. The molecule has 1 aromatic rings. The van der Waals surface area contributed by atoms with Gasteiger partial charge in [0, 0.05) is 12.7 Å². The van der Waals surface area contributed by atoms with Crippen LogP contribution in [-0.2, 0) is 11.3 Å². The smallest absolute Gasteiger partial charge is 0.126 e. The van der Waals surface area contributed by atoms with Gasteiger partial charge in [0.05, 0.1) is 12.7 Å². The van der Waals surface area contributed by atoms with Gasteiger partial charge in [0.2, 0.25) is 0 Å². The second-order valence-electron chi connectivity index (χ2n) is 7.32.